The van der Waals surface area contributed by atoms with Gasteiger partial charge in [-0.3, -0.25) is 0 Å². The molecule has 13 heteroatoms. The minimum absolute atomic E-state index is 0. The molecule has 3 radical (unpaired) electrons. The molecule has 0 aromatic carbocycles. The van der Waals surface area contributed by atoms with Gasteiger partial charge in [0.25, 0.3) is 0 Å². The van der Waals surface area contributed by atoms with Crippen LogP contribution in [0.15, 0.2) is 0 Å². The first kappa shape index (κ1) is 182. The van der Waals surface area contributed by atoms with Crippen LogP contribution in [0.5, 0.6) is 0 Å². The molecule has 0 fully saturated rings. The first-order chi connectivity index (χ1) is 0. The molecule has 13 heavy (non-hydrogen) atoms. The first-order valence-corrected chi connectivity index (χ1v) is 0. The van der Waals surface area contributed by atoms with Crippen LogP contribution in [0.4, 0.5) is 0 Å². The van der Waals surface area contributed by atoms with Crippen molar-refractivity contribution in [1.29, 1.82) is 0 Å². The van der Waals surface area contributed by atoms with E-state index in [0.717, 1.165) is 0 Å². The van der Waals surface area contributed by atoms with Gasteiger partial charge in [-0.25, -0.2) is 0 Å². The van der Waals surface area contributed by atoms with Crippen LogP contribution in [0.3, 0.4) is 0 Å². The van der Waals surface area contributed by atoms with Gasteiger partial charge >= 0.3 is 65.2 Å². The van der Waals surface area contributed by atoms with Crippen molar-refractivity contribution in [1.82, 2.24) is 0 Å². The molecule has 0 saturated carbocycles. The number of hydrogen-bond acceptors (Lipinski definition) is 0. The maximum Gasteiger partial charge on any atom is 4.00 e. The third-order valence-corrected chi connectivity index (χ3v) is 0. The van der Waals surface area contributed by atoms with Gasteiger partial charge < -0.3 is 24.6 Å². The summed E-state index contributed by atoms with van der Waals surface area (Å²) in [5.74, 6) is 0. The van der Waals surface area contributed by atoms with Crippen molar-refractivity contribution in [2.75, 3.05) is 0 Å². The summed E-state index contributed by atoms with van der Waals surface area (Å²) in [5.41, 5.74) is 0. The molecule has 0 amide bonds. The Balaban J connectivity index is 0. The molecule has 0 N–H and O–H groups in total. The van der Waals surface area contributed by atoms with E-state index in [2.05, 4.69) is 0 Å². The van der Waals surface area contributed by atoms with Gasteiger partial charge in [-0.15, -0.1) is 0 Å². The van der Waals surface area contributed by atoms with E-state index in [4.69, 9.17) is 0 Å². The van der Waals surface area contributed by atoms with Crippen molar-refractivity contribution in [3.05, 3.63) is 24.6 Å². The monoisotopic (exact) mass is 520 g/mol. The number of rotatable bonds is 0. The molecule has 71 valence electrons. The van der Waals surface area contributed by atoms with Gasteiger partial charge in [0.1, 0.15) is 0 Å². The topological polar surface area (TPSA) is 122 Å². The van der Waals surface area contributed by atoms with Crippen molar-refractivity contribution in [2.24, 2.45) is 0 Å². The smallest absolute Gasteiger partial charge is 3.00 e. The summed E-state index contributed by atoms with van der Waals surface area (Å²) in [6, 6.07) is 0. The number of nitrogens with zero attached hydrogens (tertiary/aromatic N) is 4. The summed E-state index contributed by atoms with van der Waals surface area (Å²) in [6.07, 6.45) is 0. The molecule has 0 aliphatic rings. The molecule has 4 nitrogen and oxygen atoms in total. The molecule has 0 heterocycles. The minimum Gasteiger partial charge on any atom is -3.00 e. The van der Waals surface area contributed by atoms with Crippen LogP contribution in [-0.2, 0) is 181 Å². The molecule has 0 aliphatic heterocycles. The Labute approximate surface area is 201 Å². The average molecular weight is 520 g/mol. The summed E-state index contributed by atoms with van der Waals surface area (Å²) in [7, 11) is 0. The summed E-state index contributed by atoms with van der Waals surface area (Å²) in [4.78, 5) is 0. The largest absolute Gasteiger partial charge is 4.00 e. The van der Waals surface area contributed by atoms with E-state index in [1.807, 2.05) is 0 Å². The Kier molecular flexibility index (Phi) is 2150. The van der Waals surface area contributed by atoms with E-state index in [1.165, 1.54) is 0 Å². The Morgan fingerprint density at radius 1 is 0.308 bits per heavy atom. The maximum absolute atomic E-state index is 0. The maximum atomic E-state index is 0. The SMILES string of the molecule is [Co].[Co].[Co].[N-3].[N-3].[N-3].[N-3].[Ti+4].[Ti+4].[Ti+4].[Ti].[Ti].[Ti]. The van der Waals surface area contributed by atoms with Crippen LogP contribution in [-0.4, -0.2) is 0 Å². The normalized spacial score (nSPS) is 0. The molecule has 0 saturated heterocycles. The third-order valence-electron chi connectivity index (χ3n) is 0. The molecule has 0 aliphatic carbocycles. The van der Waals surface area contributed by atoms with Crippen molar-refractivity contribution in [2.45, 2.75) is 0 Å². The Hall–Kier alpha value is 5.65. The fraction of sp³-hybridized carbons (Fsp3) is 0. The van der Waals surface area contributed by atoms with Crippen LogP contribution in [0, 0.1) is 0 Å². The molecular weight excluding hydrogens is 520 g/mol. The van der Waals surface area contributed by atoms with Gasteiger partial charge in [0.15, 0.2) is 0 Å². The van der Waals surface area contributed by atoms with Gasteiger partial charge in [0, 0.05) is 115 Å². The first-order valence-electron chi connectivity index (χ1n) is 0. The fourth-order valence-electron chi connectivity index (χ4n) is 0. The van der Waals surface area contributed by atoms with E-state index in [9.17, 15) is 0 Å². The van der Waals surface area contributed by atoms with Gasteiger partial charge in [0.2, 0.25) is 0 Å². The van der Waals surface area contributed by atoms with Gasteiger partial charge in [-0.2, -0.15) is 0 Å². The van der Waals surface area contributed by atoms with Gasteiger partial charge in [-0.1, -0.05) is 0 Å². The van der Waals surface area contributed by atoms with Crippen LogP contribution in [0.25, 0.3) is 24.6 Å². The second-order valence-electron chi connectivity index (χ2n) is 0. The summed E-state index contributed by atoms with van der Waals surface area (Å²) in [5, 5.41) is 0. The van der Waals surface area contributed by atoms with E-state index >= 15 is 0 Å². The van der Waals surface area contributed by atoms with E-state index in [1.54, 1.807) is 0 Å². The van der Waals surface area contributed by atoms with Crippen LogP contribution in [0.1, 0.15) is 0 Å². The van der Waals surface area contributed by atoms with Gasteiger partial charge in [-0.05, 0) is 0 Å². The van der Waals surface area contributed by atoms with Gasteiger partial charge in [0.05, 0.1) is 0 Å². The molecule has 0 atom stereocenters. The molecule has 0 aromatic heterocycles. The van der Waals surface area contributed by atoms with E-state index < -0.39 is 0 Å². The summed E-state index contributed by atoms with van der Waals surface area (Å²) in [6.45, 7) is 0. The Bertz CT molecular complexity index is 19.8. The Morgan fingerprint density at radius 2 is 0.308 bits per heavy atom. The van der Waals surface area contributed by atoms with E-state index in [0.29, 0.717) is 0 Å². The molecule has 0 aromatic rings. The van der Waals surface area contributed by atoms with Crippen LogP contribution >= 0.6 is 0 Å². The fourth-order valence-corrected chi connectivity index (χ4v) is 0. The summed E-state index contributed by atoms with van der Waals surface area (Å²) < 4.78 is 0. The van der Waals surface area contributed by atoms with Crippen molar-refractivity contribution in [3.63, 3.8) is 0 Å². The summed E-state index contributed by atoms with van der Waals surface area (Å²) >= 11 is 0. The average Bonchev–Trinajstić information content (AvgIpc) is 0. The molecular formula is Co3N4Ti6. The van der Waals surface area contributed by atoms with Crippen LogP contribution in [0.2, 0.25) is 0 Å². The van der Waals surface area contributed by atoms with Crippen LogP contribution < -0.4 is 0 Å². The zero-order valence-corrected chi connectivity index (χ0v) is 18.3. The predicted molar refractivity (Wildman–Crippen MR) is 13.4 cm³/mol. The predicted octanol–water partition coefficient (Wildman–Crippen LogP) is 1.13. The zero-order valence-electron chi connectivity index (χ0n) is 5.79. The third kappa shape index (κ3) is 136. The standard InChI is InChI=1S/3Co.4N.6Ti/q;;;4*-3;;;;3*+4. The van der Waals surface area contributed by atoms with Crippen molar-refractivity contribution in [3.8, 4) is 0 Å². The second-order valence-corrected chi connectivity index (χ2v) is 0. The Morgan fingerprint density at radius 3 is 0.308 bits per heavy atom. The molecule has 0 bridgehead atoms. The van der Waals surface area contributed by atoms with Crippen molar-refractivity contribution >= 4 is 0 Å². The minimum atomic E-state index is 0. The van der Waals surface area contributed by atoms with Crippen molar-refractivity contribution < 1.29 is 181 Å². The van der Waals surface area contributed by atoms with E-state index in [-0.39, 0.29) is 205 Å². The quantitative estimate of drug-likeness (QED) is 0.426. The molecule has 0 spiro atoms. The molecule has 0 rings (SSSR count). The second kappa shape index (κ2) is 153. The molecule has 0 unspecified atom stereocenters. The number of hydrogen-bond donors (Lipinski definition) is 0. The zero-order chi connectivity index (χ0) is 0.